The van der Waals surface area contributed by atoms with Gasteiger partial charge in [0.05, 0.1) is 13.2 Å². The molecule has 0 spiro atoms. The van der Waals surface area contributed by atoms with Crippen LogP contribution in [0.3, 0.4) is 0 Å². The highest BCUT2D eigenvalue weighted by Crippen LogP contribution is 2.37. The number of carbonyl (C=O) groups excluding carboxylic acids is 2. The van der Waals surface area contributed by atoms with E-state index < -0.39 is 40.6 Å². The number of rotatable bonds is 6. The molecule has 10 nitrogen and oxygen atoms in total. The lowest BCUT2D eigenvalue weighted by Crippen LogP contribution is -2.47. The van der Waals surface area contributed by atoms with E-state index in [1.807, 2.05) is 13.8 Å². The Morgan fingerprint density at radius 2 is 1.94 bits per heavy atom. The summed E-state index contributed by atoms with van der Waals surface area (Å²) in [6.07, 6.45) is 0.522. The SMILES string of the molecule is CC.CNC(=O)c1c(O)c2ncc(Cc3ccc(F)cc3)c3c2n(c1=O)CC(C(=O)NCCO)O3. The van der Waals surface area contributed by atoms with E-state index >= 15 is 0 Å². The first kappa shape index (κ1) is 25.6. The number of benzene rings is 1. The summed E-state index contributed by atoms with van der Waals surface area (Å²) in [5.41, 5.74) is 0.0466. The highest BCUT2D eigenvalue weighted by Gasteiger charge is 2.34. The van der Waals surface area contributed by atoms with E-state index in [1.165, 1.54) is 29.9 Å². The van der Waals surface area contributed by atoms with Crippen molar-refractivity contribution in [2.45, 2.75) is 32.9 Å². The predicted molar refractivity (Wildman–Crippen MR) is 126 cm³/mol. The Bertz CT molecular complexity index is 1310. The van der Waals surface area contributed by atoms with Crippen molar-refractivity contribution in [1.29, 1.82) is 0 Å². The summed E-state index contributed by atoms with van der Waals surface area (Å²) in [5, 5.41) is 24.5. The first-order valence-corrected chi connectivity index (χ1v) is 11.1. The molecule has 0 saturated heterocycles. The van der Waals surface area contributed by atoms with Gasteiger partial charge in [-0.05, 0) is 17.7 Å². The summed E-state index contributed by atoms with van der Waals surface area (Å²) in [5.74, 6) is -2.19. The number of nitrogens with zero attached hydrogens (tertiary/aromatic N) is 2. The number of pyridine rings is 2. The Morgan fingerprint density at radius 3 is 2.57 bits per heavy atom. The Labute approximate surface area is 200 Å². The first-order valence-electron chi connectivity index (χ1n) is 11.1. The quantitative estimate of drug-likeness (QED) is 0.408. The summed E-state index contributed by atoms with van der Waals surface area (Å²) < 4.78 is 20.4. The third-order valence-electron chi connectivity index (χ3n) is 5.34. The number of aromatic hydroxyl groups is 1. The molecule has 0 aliphatic carbocycles. The number of nitrogens with one attached hydrogen (secondary N) is 2. The second-order valence-corrected chi connectivity index (χ2v) is 7.45. The van der Waals surface area contributed by atoms with E-state index in [2.05, 4.69) is 15.6 Å². The molecule has 1 aromatic carbocycles. The van der Waals surface area contributed by atoms with Crippen LogP contribution < -0.4 is 20.9 Å². The molecule has 2 aromatic heterocycles. The van der Waals surface area contributed by atoms with Gasteiger partial charge in [0.25, 0.3) is 17.4 Å². The van der Waals surface area contributed by atoms with Crippen molar-refractivity contribution < 1.29 is 28.9 Å². The van der Waals surface area contributed by atoms with Crippen LogP contribution >= 0.6 is 0 Å². The van der Waals surface area contributed by atoms with Crippen LogP contribution in [0.4, 0.5) is 4.39 Å². The van der Waals surface area contributed by atoms with Crippen molar-refractivity contribution in [3.05, 3.63) is 63.3 Å². The maximum absolute atomic E-state index is 13.3. The minimum absolute atomic E-state index is 0.00624. The van der Waals surface area contributed by atoms with Crippen LogP contribution in [-0.4, -0.2) is 57.9 Å². The van der Waals surface area contributed by atoms with Gasteiger partial charge in [0, 0.05) is 31.8 Å². The molecule has 4 rings (SSSR count). The fraction of sp³-hybridized carbons (Fsp3) is 0.333. The summed E-state index contributed by atoms with van der Waals surface area (Å²) >= 11 is 0. The second-order valence-electron chi connectivity index (χ2n) is 7.45. The normalized spacial score (nSPS) is 13.9. The van der Waals surface area contributed by atoms with Crippen molar-refractivity contribution in [3.8, 4) is 11.5 Å². The second kappa shape index (κ2) is 11.0. The van der Waals surface area contributed by atoms with Gasteiger partial charge >= 0.3 is 0 Å². The Kier molecular flexibility index (Phi) is 8.02. The Hall–Kier alpha value is -3.99. The summed E-state index contributed by atoms with van der Waals surface area (Å²) in [6.45, 7) is 3.48. The molecule has 1 atom stereocenters. The number of ether oxygens (including phenoxy) is 1. The van der Waals surface area contributed by atoms with Crippen LogP contribution in [0.15, 0.2) is 35.3 Å². The van der Waals surface area contributed by atoms with E-state index in [-0.39, 0.29) is 42.9 Å². The number of aliphatic hydroxyl groups is 1. The van der Waals surface area contributed by atoms with Crippen LogP contribution in [0.25, 0.3) is 11.0 Å². The lowest BCUT2D eigenvalue weighted by atomic mass is 10.0. The average Bonchev–Trinajstić information content (AvgIpc) is 2.88. The zero-order valence-corrected chi connectivity index (χ0v) is 19.6. The van der Waals surface area contributed by atoms with Crippen molar-refractivity contribution >= 4 is 22.8 Å². The molecule has 0 saturated carbocycles. The van der Waals surface area contributed by atoms with Gasteiger partial charge in [-0.15, -0.1) is 0 Å². The maximum Gasteiger partial charge on any atom is 0.268 e. The number of aromatic nitrogens is 2. The topological polar surface area (TPSA) is 143 Å². The first-order chi connectivity index (χ1) is 16.8. The molecule has 1 unspecified atom stereocenters. The molecule has 3 heterocycles. The molecule has 3 aromatic rings. The lowest BCUT2D eigenvalue weighted by Gasteiger charge is -2.29. The van der Waals surface area contributed by atoms with Crippen LogP contribution in [0, 0.1) is 5.82 Å². The van der Waals surface area contributed by atoms with E-state index in [9.17, 15) is 23.9 Å². The van der Waals surface area contributed by atoms with Crippen LogP contribution in [0.2, 0.25) is 0 Å². The van der Waals surface area contributed by atoms with E-state index in [0.29, 0.717) is 5.56 Å². The molecule has 35 heavy (non-hydrogen) atoms. The maximum atomic E-state index is 13.3. The monoisotopic (exact) mass is 486 g/mol. The largest absolute Gasteiger partial charge is 0.505 e. The smallest absolute Gasteiger partial charge is 0.268 e. The molecule has 0 fully saturated rings. The molecule has 1 aliphatic rings. The zero-order valence-electron chi connectivity index (χ0n) is 19.6. The van der Waals surface area contributed by atoms with E-state index in [0.717, 1.165) is 5.56 Å². The standard InChI is InChI=1S/C22H21FN4O6.C2H6/c1-24-21(31)15-18(29)16-17-19(12(9-26-16)8-11-2-4-13(23)5-3-11)33-14(10-27(17)22(15)32)20(30)25-6-7-28;1-2/h2-5,9,14,28-29H,6-8,10H2,1H3,(H,24,31)(H,25,30);1-2H3. The summed E-state index contributed by atoms with van der Waals surface area (Å²) in [6, 6.07) is 5.77. The number of hydrogen-bond acceptors (Lipinski definition) is 7. The number of carbonyl (C=O) groups is 2. The molecule has 1 aliphatic heterocycles. The van der Waals surface area contributed by atoms with Gasteiger partial charge in [-0.1, -0.05) is 26.0 Å². The van der Waals surface area contributed by atoms with Gasteiger partial charge in [0.1, 0.15) is 22.4 Å². The van der Waals surface area contributed by atoms with Crippen LogP contribution in [0.5, 0.6) is 11.5 Å². The third-order valence-corrected chi connectivity index (χ3v) is 5.34. The predicted octanol–water partition coefficient (Wildman–Crippen LogP) is 1.09. The van der Waals surface area contributed by atoms with Crippen molar-refractivity contribution in [2.24, 2.45) is 0 Å². The Morgan fingerprint density at radius 1 is 1.26 bits per heavy atom. The van der Waals surface area contributed by atoms with E-state index in [4.69, 9.17) is 9.84 Å². The average molecular weight is 487 g/mol. The molecule has 4 N–H and O–H groups in total. The van der Waals surface area contributed by atoms with Gasteiger partial charge in [0.15, 0.2) is 17.6 Å². The number of hydrogen-bond donors (Lipinski definition) is 4. The zero-order chi connectivity index (χ0) is 25.7. The number of aliphatic hydroxyl groups excluding tert-OH is 1. The highest BCUT2D eigenvalue weighted by atomic mass is 19.1. The molecule has 11 heteroatoms. The van der Waals surface area contributed by atoms with Gasteiger partial charge < -0.3 is 25.6 Å². The fourth-order valence-electron chi connectivity index (χ4n) is 3.76. The summed E-state index contributed by atoms with van der Waals surface area (Å²) in [7, 11) is 1.32. The molecule has 0 bridgehead atoms. The number of halogens is 1. The molecular weight excluding hydrogens is 459 g/mol. The highest BCUT2D eigenvalue weighted by molar-refractivity contribution is 6.02. The molecule has 2 amide bonds. The van der Waals surface area contributed by atoms with Gasteiger partial charge in [-0.25, -0.2) is 4.39 Å². The van der Waals surface area contributed by atoms with Crippen molar-refractivity contribution in [3.63, 3.8) is 0 Å². The molecule has 0 radical (unpaired) electrons. The van der Waals surface area contributed by atoms with Gasteiger partial charge in [-0.2, -0.15) is 0 Å². The fourth-order valence-corrected chi connectivity index (χ4v) is 3.76. The summed E-state index contributed by atoms with van der Waals surface area (Å²) in [4.78, 5) is 42.3. The third kappa shape index (κ3) is 4.94. The van der Waals surface area contributed by atoms with E-state index in [1.54, 1.807) is 12.1 Å². The van der Waals surface area contributed by atoms with Crippen LogP contribution in [-0.2, 0) is 17.8 Å². The van der Waals surface area contributed by atoms with Gasteiger partial charge in [-0.3, -0.25) is 23.9 Å². The van der Waals surface area contributed by atoms with Gasteiger partial charge in [0.2, 0.25) is 0 Å². The lowest BCUT2D eigenvalue weighted by molar-refractivity contribution is -0.129. The van der Waals surface area contributed by atoms with Crippen LogP contribution in [0.1, 0.15) is 35.3 Å². The van der Waals surface area contributed by atoms with Crippen molar-refractivity contribution in [2.75, 3.05) is 20.2 Å². The van der Waals surface area contributed by atoms with Crippen molar-refractivity contribution in [1.82, 2.24) is 20.2 Å². The minimum Gasteiger partial charge on any atom is -0.505 e. The number of amides is 2. The molecule has 186 valence electrons. The minimum atomic E-state index is -1.14. The Balaban J connectivity index is 0.00000167. The molecular formula is C24H27FN4O6.